The Balaban J connectivity index is 1.54. The second-order valence-electron chi connectivity index (χ2n) is 5.50. The third-order valence-electron chi connectivity index (χ3n) is 3.81. The summed E-state index contributed by atoms with van der Waals surface area (Å²) in [6.07, 6.45) is 2.25. The van der Waals surface area contributed by atoms with Crippen LogP contribution in [0.2, 0.25) is 0 Å². The zero-order valence-corrected chi connectivity index (χ0v) is 13.4. The van der Waals surface area contributed by atoms with Crippen LogP contribution in [0, 0.1) is 6.92 Å². The number of nitrogens with one attached hydrogen (secondary N) is 2. The molecule has 0 saturated heterocycles. The third kappa shape index (κ3) is 2.71. The Labute approximate surface area is 137 Å². The number of thiazole rings is 1. The lowest BCUT2D eigenvalue weighted by atomic mass is 10.1. The van der Waals surface area contributed by atoms with E-state index in [2.05, 4.69) is 15.3 Å². The summed E-state index contributed by atoms with van der Waals surface area (Å²) in [6, 6.07) is 13.8. The van der Waals surface area contributed by atoms with Gasteiger partial charge in [0.15, 0.2) is 0 Å². The van der Waals surface area contributed by atoms with Crippen molar-refractivity contribution in [1.29, 1.82) is 0 Å². The van der Waals surface area contributed by atoms with E-state index in [0.29, 0.717) is 6.42 Å². The number of carbonyl (C=O) groups is 1. The first-order chi connectivity index (χ1) is 11.2. The minimum atomic E-state index is -0.0182. The first-order valence-electron chi connectivity index (χ1n) is 7.41. The fourth-order valence-electron chi connectivity index (χ4n) is 2.77. The summed E-state index contributed by atoms with van der Waals surface area (Å²) >= 11 is 1.63. The number of H-pyrrole nitrogens is 1. The molecule has 0 aliphatic heterocycles. The van der Waals surface area contributed by atoms with E-state index in [1.165, 1.54) is 0 Å². The summed E-state index contributed by atoms with van der Waals surface area (Å²) in [5.74, 6) is -0.0182. The molecule has 2 aromatic heterocycles. The molecule has 0 saturated carbocycles. The van der Waals surface area contributed by atoms with Gasteiger partial charge in [0.25, 0.3) is 0 Å². The number of aromatic amines is 1. The van der Waals surface area contributed by atoms with Gasteiger partial charge >= 0.3 is 0 Å². The molecular formula is C18H15N3OS. The van der Waals surface area contributed by atoms with Gasteiger partial charge in [0, 0.05) is 22.8 Å². The number of hydrogen-bond donors (Lipinski definition) is 2. The van der Waals surface area contributed by atoms with Gasteiger partial charge in [0.05, 0.1) is 21.6 Å². The van der Waals surface area contributed by atoms with E-state index in [1.54, 1.807) is 11.3 Å². The van der Waals surface area contributed by atoms with Gasteiger partial charge in [-0.25, -0.2) is 4.98 Å². The molecule has 0 atom stereocenters. The van der Waals surface area contributed by atoms with Crippen LogP contribution in [0.25, 0.3) is 21.1 Å². The van der Waals surface area contributed by atoms with Crippen LogP contribution in [-0.2, 0) is 11.2 Å². The van der Waals surface area contributed by atoms with Crippen LogP contribution < -0.4 is 5.32 Å². The summed E-state index contributed by atoms with van der Waals surface area (Å²) in [4.78, 5) is 20.0. The Kier molecular flexibility index (Phi) is 3.35. The van der Waals surface area contributed by atoms with Crippen LogP contribution in [-0.4, -0.2) is 15.9 Å². The van der Waals surface area contributed by atoms with E-state index in [9.17, 15) is 4.79 Å². The average Bonchev–Trinajstić information content (AvgIpc) is 3.10. The van der Waals surface area contributed by atoms with Crippen molar-refractivity contribution in [3.05, 3.63) is 59.2 Å². The average molecular weight is 321 g/mol. The van der Waals surface area contributed by atoms with Crippen LogP contribution in [0.15, 0.2) is 48.7 Å². The number of amides is 1. The first kappa shape index (κ1) is 14.0. The maximum absolute atomic E-state index is 12.3. The minimum Gasteiger partial charge on any atom is -0.361 e. The Bertz CT molecular complexity index is 1020. The van der Waals surface area contributed by atoms with E-state index in [1.807, 2.05) is 55.6 Å². The summed E-state index contributed by atoms with van der Waals surface area (Å²) in [7, 11) is 0. The van der Waals surface area contributed by atoms with Gasteiger partial charge < -0.3 is 10.3 Å². The summed E-state index contributed by atoms with van der Waals surface area (Å²) < 4.78 is 1.09. The molecule has 4 nitrogen and oxygen atoms in total. The molecule has 0 fully saturated rings. The number of benzene rings is 2. The van der Waals surface area contributed by atoms with Crippen LogP contribution in [0.3, 0.4) is 0 Å². The Morgan fingerprint density at radius 3 is 3.04 bits per heavy atom. The maximum atomic E-state index is 12.3. The monoisotopic (exact) mass is 321 g/mol. The van der Waals surface area contributed by atoms with Gasteiger partial charge in [-0.15, -0.1) is 11.3 Å². The SMILES string of the molecule is Cc1nc2ccc(NC(=O)Cc3c[nH]c4ccccc34)cc2s1. The lowest BCUT2D eigenvalue weighted by Crippen LogP contribution is -2.14. The zero-order valence-electron chi connectivity index (χ0n) is 12.6. The molecule has 0 aliphatic rings. The predicted octanol–water partition coefficient (Wildman–Crippen LogP) is 4.27. The van der Waals surface area contributed by atoms with E-state index in [4.69, 9.17) is 0 Å². The molecule has 5 heteroatoms. The normalized spacial score (nSPS) is 11.2. The van der Waals surface area contributed by atoms with Crippen LogP contribution >= 0.6 is 11.3 Å². The van der Waals surface area contributed by atoms with Crippen molar-refractivity contribution < 1.29 is 4.79 Å². The predicted molar refractivity (Wildman–Crippen MR) is 95.0 cm³/mol. The molecule has 23 heavy (non-hydrogen) atoms. The third-order valence-corrected chi connectivity index (χ3v) is 4.74. The van der Waals surface area contributed by atoms with Gasteiger partial charge in [-0.05, 0) is 36.8 Å². The maximum Gasteiger partial charge on any atom is 0.228 e. The largest absolute Gasteiger partial charge is 0.361 e. The van der Waals surface area contributed by atoms with Gasteiger partial charge in [-0.1, -0.05) is 18.2 Å². The molecule has 2 N–H and O–H groups in total. The van der Waals surface area contributed by atoms with E-state index < -0.39 is 0 Å². The van der Waals surface area contributed by atoms with E-state index in [0.717, 1.165) is 37.4 Å². The topological polar surface area (TPSA) is 57.8 Å². The standard InChI is InChI=1S/C18H15N3OS/c1-11-20-16-7-6-13(9-17(16)23-11)21-18(22)8-12-10-19-15-5-3-2-4-14(12)15/h2-7,9-10,19H,8H2,1H3,(H,21,22). The molecule has 0 bridgehead atoms. The molecule has 114 valence electrons. The Hall–Kier alpha value is -2.66. The number of rotatable bonds is 3. The molecular weight excluding hydrogens is 306 g/mol. The van der Waals surface area contributed by atoms with Crippen molar-refractivity contribution in [2.24, 2.45) is 0 Å². The van der Waals surface area contributed by atoms with Crippen LogP contribution in [0.1, 0.15) is 10.6 Å². The Morgan fingerprint density at radius 1 is 1.26 bits per heavy atom. The van der Waals surface area contributed by atoms with Crippen LogP contribution in [0.5, 0.6) is 0 Å². The highest BCUT2D eigenvalue weighted by atomic mass is 32.1. The number of para-hydroxylation sites is 1. The van der Waals surface area contributed by atoms with Crippen molar-refractivity contribution >= 4 is 44.1 Å². The number of hydrogen-bond acceptors (Lipinski definition) is 3. The quantitative estimate of drug-likeness (QED) is 0.592. The van der Waals surface area contributed by atoms with Gasteiger partial charge in [-0.2, -0.15) is 0 Å². The summed E-state index contributed by atoms with van der Waals surface area (Å²) in [5, 5.41) is 5.10. The molecule has 2 heterocycles. The Morgan fingerprint density at radius 2 is 2.13 bits per heavy atom. The molecule has 0 unspecified atom stereocenters. The highest BCUT2D eigenvalue weighted by Gasteiger charge is 2.09. The van der Waals surface area contributed by atoms with E-state index >= 15 is 0 Å². The number of fused-ring (bicyclic) bond motifs is 2. The molecule has 2 aromatic carbocycles. The van der Waals surface area contributed by atoms with Crippen molar-refractivity contribution in [3.63, 3.8) is 0 Å². The molecule has 0 radical (unpaired) electrons. The van der Waals surface area contributed by atoms with Crippen molar-refractivity contribution in [3.8, 4) is 0 Å². The van der Waals surface area contributed by atoms with Crippen molar-refractivity contribution in [2.75, 3.05) is 5.32 Å². The van der Waals surface area contributed by atoms with Gasteiger partial charge in [-0.3, -0.25) is 4.79 Å². The fraction of sp³-hybridized carbons (Fsp3) is 0.111. The highest BCUT2D eigenvalue weighted by molar-refractivity contribution is 7.18. The molecule has 4 aromatic rings. The van der Waals surface area contributed by atoms with Crippen LogP contribution in [0.4, 0.5) is 5.69 Å². The fourth-order valence-corrected chi connectivity index (χ4v) is 3.64. The lowest BCUT2D eigenvalue weighted by Gasteiger charge is -2.04. The minimum absolute atomic E-state index is 0.0182. The molecule has 0 spiro atoms. The number of aromatic nitrogens is 2. The summed E-state index contributed by atoms with van der Waals surface area (Å²) in [5.41, 5.74) is 3.85. The second kappa shape index (κ2) is 5.52. The van der Waals surface area contributed by atoms with Crippen molar-refractivity contribution in [2.45, 2.75) is 13.3 Å². The lowest BCUT2D eigenvalue weighted by molar-refractivity contribution is -0.115. The number of nitrogens with zero attached hydrogens (tertiary/aromatic N) is 1. The van der Waals surface area contributed by atoms with Crippen molar-refractivity contribution in [1.82, 2.24) is 9.97 Å². The first-order valence-corrected chi connectivity index (χ1v) is 8.23. The second-order valence-corrected chi connectivity index (χ2v) is 6.73. The van der Waals surface area contributed by atoms with Gasteiger partial charge in [0.1, 0.15) is 0 Å². The van der Waals surface area contributed by atoms with Gasteiger partial charge in [0.2, 0.25) is 5.91 Å². The molecule has 4 rings (SSSR count). The number of anilines is 1. The summed E-state index contributed by atoms with van der Waals surface area (Å²) in [6.45, 7) is 1.99. The molecule has 1 amide bonds. The smallest absolute Gasteiger partial charge is 0.228 e. The number of aryl methyl sites for hydroxylation is 1. The molecule has 0 aliphatic carbocycles. The van der Waals surface area contributed by atoms with E-state index in [-0.39, 0.29) is 5.91 Å². The number of carbonyl (C=O) groups excluding carboxylic acids is 1. The highest BCUT2D eigenvalue weighted by Crippen LogP contribution is 2.25. The zero-order chi connectivity index (χ0) is 15.8.